The molecule has 0 saturated heterocycles. The number of halogens is 3. The summed E-state index contributed by atoms with van der Waals surface area (Å²) in [4.78, 5) is 88.1. The van der Waals surface area contributed by atoms with Crippen molar-refractivity contribution in [1.29, 1.82) is 0 Å². The highest BCUT2D eigenvalue weighted by Crippen LogP contribution is 2.34. The maximum Gasteiger partial charge on any atom is 0.490 e. The van der Waals surface area contributed by atoms with Crippen molar-refractivity contribution >= 4 is 46.5 Å². The molecule has 0 spiro atoms. The van der Waals surface area contributed by atoms with E-state index in [1.807, 2.05) is 58.0 Å². The number of nitrogens with zero attached hydrogens (tertiary/aromatic N) is 3. The number of fused-ring (bicyclic) bond motifs is 1. The first-order chi connectivity index (χ1) is 30.5. The third-order valence-corrected chi connectivity index (χ3v) is 11.8. The Hall–Kier alpha value is -6.24. The molecule has 4 amide bonds. The Bertz CT molecular complexity index is 2380. The summed E-state index contributed by atoms with van der Waals surface area (Å²) in [5, 5.41) is 13.1. The number of carbonyl (C=O) groups excluding carboxylic acids is 4. The topological polar surface area (TPSA) is 233 Å². The van der Waals surface area contributed by atoms with E-state index in [-0.39, 0.29) is 41.8 Å². The van der Waals surface area contributed by atoms with Crippen molar-refractivity contribution in [1.82, 2.24) is 30.5 Å². The normalized spacial score (nSPS) is 19.4. The van der Waals surface area contributed by atoms with Crippen LogP contribution >= 0.6 is 0 Å². The average molecular weight is 909 g/mol. The van der Waals surface area contributed by atoms with Crippen molar-refractivity contribution in [3.63, 3.8) is 0 Å². The molecule has 0 unspecified atom stereocenters. The van der Waals surface area contributed by atoms with Crippen LogP contribution in [0, 0.1) is 18.8 Å². The largest absolute Gasteiger partial charge is 0.490 e. The fourth-order valence-electron chi connectivity index (χ4n) is 8.33. The van der Waals surface area contributed by atoms with Crippen LogP contribution in [-0.4, -0.2) is 105 Å². The van der Waals surface area contributed by atoms with Gasteiger partial charge in [-0.3, -0.25) is 19.3 Å². The summed E-state index contributed by atoms with van der Waals surface area (Å²) in [6.45, 7) is 7.77. The van der Waals surface area contributed by atoms with E-state index in [9.17, 15) is 37.1 Å². The number of alkyl carbamates (subject to hydrolysis) is 1. The number of aromatic amines is 2. The molecular weight excluding hydrogens is 850 g/mol. The molecule has 6 rings (SSSR count). The summed E-state index contributed by atoms with van der Waals surface area (Å²) in [5.41, 5.74) is 10.3. The van der Waals surface area contributed by atoms with Crippen molar-refractivity contribution in [2.75, 3.05) is 25.5 Å². The number of nitrogens with one attached hydrogen (secondary N) is 4. The molecule has 2 saturated carbocycles. The van der Waals surface area contributed by atoms with Crippen LogP contribution in [0.3, 0.4) is 0 Å². The molecule has 2 aromatic carbocycles. The number of aliphatic carboxylic acids is 1. The average Bonchev–Trinajstić information content (AvgIpc) is 3.62. The number of H-pyrrole nitrogens is 2. The van der Waals surface area contributed by atoms with Gasteiger partial charge in [-0.1, -0.05) is 30.3 Å². The molecule has 0 bridgehead atoms. The maximum atomic E-state index is 14.5. The molecular formula is C46H59F3N8O8. The number of benzene rings is 2. The molecule has 7 N–H and O–H groups in total. The number of carboxylic acid groups (broad SMARTS) is 1. The molecule has 0 aliphatic heterocycles. The molecule has 16 nitrogen and oxygen atoms in total. The quantitative estimate of drug-likeness (QED) is 0.0939. The molecule has 19 heteroatoms. The second-order valence-electron chi connectivity index (χ2n) is 18.0. The van der Waals surface area contributed by atoms with Crippen LogP contribution in [0.1, 0.15) is 93.9 Å². The number of anilines is 1. The van der Waals surface area contributed by atoms with Gasteiger partial charge in [-0.05, 0) is 134 Å². The lowest BCUT2D eigenvalue weighted by Gasteiger charge is -2.36. The third kappa shape index (κ3) is 13.9. The van der Waals surface area contributed by atoms with Crippen LogP contribution in [0.25, 0.3) is 22.2 Å². The number of carbonyl (C=O) groups is 5. The molecule has 2 aliphatic carbocycles. The fourth-order valence-corrected chi connectivity index (χ4v) is 8.33. The highest BCUT2D eigenvalue weighted by molar-refractivity contribution is 6.02. The van der Waals surface area contributed by atoms with Gasteiger partial charge in [-0.2, -0.15) is 13.2 Å². The highest BCUT2D eigenvalue weighted by Gasteiger charge is 2.39. The molecule has 0 radical (unpaired) electrons. The van der Waals surface area contributed by atoms with E-state index in [0.29, 0.717) is 60.7 Å². The first-order valence-electron chi connectivity index (χ1n) is 21.6. The molecule has 4 aromatic rings. The van der Waals surface area contributed by atoms with Gasteiger partial charge in [0.2, 0.25) is 11.8 Å². The van der Waals surface area contributed by atoms with Crippen molar-refractivity contribution in [3.05, 3.63) is 82.0 Å². The van der Waals surface area contributed by atoms with Crippen LogP contribution in [0.5, 0.6) is 0 Å². The summed E-state index contributed by atoms with van der Waals surface area (Å²) in [6.07, 6.45) is 1.18. The van der Waals surface area contributed by atoms with Gasteiger partial charge in [0.05, 0.1) is 11.0 Å². The van der Waals surface area contributed by atoms with E-state index in [0.717, 1.165) is 48.1 Å². The molecule has 2 fully saturated rings. The van der Waals surface area contributed by atoms with Crippen LogP contribution in [0.2, 0.25) is 0 Å². The van der Waals surface area contributed by atoms with E-state index < -0.39 is 35.8 Å². The first-order valence-corrected chi connectivity index (χ1v) is 21.6. The van der Waals surface area contributed by atoms with E-state index in [1.165, 1.54) is 4.90 Å². The summed E-state index contributed by atoms with van der Waals surface area (Å²) in [5.74, 6) is -3.99. The Morgan fingerprint density at radius 2 is 1.51 bits per heavy atom. The van der Waals surface area contributed by atoms with E-state index in [2.05, 4.69) is 44.6 Å². The number of ether oxygens (including phenoxy) is 1. The summed E-state index contributed by atoms with van der Waals surface area (Å²) >= 11 is 0. The Labute approximate surface area is 374 Å². The highest BCUT2D eigenvalue weighted by atomic mass is 19.4. The Kier molecular flexibility index (Phi) is 16.2. The number of rotatable bonds is 12. The van der Waals surface area contributed by atoms with E-state index in [1.54, 1.807) is 24.3 Å². The van der Waals surface area contributed by atoms with Crippen molar-refractivity contribution in [2.24, 2.45) is 17.6 Å². The fraction of sp³-hybridized carbons (Fsp3) is 0.500. The number of pyridine rings is 1. The first kappa shape index (κ1) is 49.8. The second kappa shape index (κ2) is 21.2. The molecule has 2 aliphatic rings. The number of aromatic nitrogens is 3. The smallest absolute Gasteiger partial charge is 0.475 e. The van der Waals surface area contributed by atoms with E-state index in [4.69, 9.17) is 20.4 Å². The lowest BCUT2D eigenvalue weighted by atomic mass is 9.81. The minimum absolute atomic E-state index is 0.142. The molecule has 65 heavy (non-hydrogen) atoms. The summed E-state index contributed by atoms with van der Waals surface area (Å²) in [7, 11) is 4.20. The number of hydrogen-bond acceptors (Lipinski definition) is 9. The van der Waals surface area contributed by atoms with Crippen LogP contribution in [0.15, 0.2) is 59.4 Å². The second-order valence-corrected chi connectivity index (χ2v) is 18.0. The SMILES string of the molecule is Cc1nc(C(=O)NC2CCC(N(C)C)CC2)ccc1-c1ccc(C[C@@H](C(N)=O)N(C(=O)C2CCC(CNC(=O)OC(C)(C)C)CC2)c2ccc3[nH]c(=O)[nH]c3c2)cc1.O=C(O)C(F)(F)F. The lowest BCUT2D eigenvalue weighted by molar-refractivity contribution is -0.192. The zero-order valence-electron chi connectivity index (χ0n) is 37.5. The number of alkyl halides is 3. The number of amides is 4. The zero-order valence-corrected chi connectivity index (χ0v) is 37.5. The van der Waals surface area contributed by atoms with Gasteiger partial charge in [-0.15, -0.1) is 0 Å². The van der Waals surface area contributed by atoms with Crippen molar-refractivity contribution < 1.29 is 47.0 Å². The maximum absolute atomic E-state index is 14.5. The lowest BCUT2D eigenvalue weighted by Crippen LogP contribution is -2.52. The Morgan fingerprint density at radius 1 is 0.892 bits per heavy atom. The molecule has 352 valence electrons. The van der Waals surface area contributed by atoms with Gasteiger partial charge in [0.15, 0.2) is 0 Å². The van der Waals surface area contributed by atoms with Gasteiger partial charge in [0, 0.05) is 47.9 Å². The predicted molar refractivity (Wildman–Crippen MR) is 238 cm³/mol. The number of nitrogens with two attached hydrogens (primary N) is 1. The Morgan fingerprint density at radius 3 is 2.06 bits per heavy atom. The molecule has 1 atom stereocenters. The van der Waals surface area contributed by atoms with E-state index >= 15 is 0 Å². The van der Waals surface area contributed by atoms with Gasteiger partial charge in [0.1, 0.15) is 17.3 Å². The Balaban J connectivity index is 0.00000105. The number of aryl methyl sites for hydroxylation is 1. The number of imidazole rings is 1. The molecule has 2 aromatic heterocycles. The monoisotopic (exact) mass is 908 g/mol. The standard InChI is InChI=1S/C44H58N8O6.C2HF3O2/c1-26-34(20-22-36(47-26)40(54)48-31-15-17-32(18-16-31)51(5)6)29-11-7-27(8-12-29)23-38(39(45)53)52(33-19-21-35-37(24-33)50-42(56)49-35)41(55)30-13-9-28(10-14-30)25-46-43(57)58-44(2,3)4;3-2(4,5)1(6)7/h7-8,11-12,19-22,24,28,30-32,38H,9-10,13-18,23,25H2,1-6H3,(H2,45,53)(H,46,57)(H,48,54)(H2,49,50,56);(H,6,7)/t28?,30?,31?,32?,38-;/m0./s1. The van der Waals surface area contributed by atoms with Crippen LogP contribution in [-0.2, 0) is 25.5 Å². The molecule has 2 heterocycles. The third-order valence-electron chi connectivity index (χ3n) is 11.8. The van der Waals surface area contributed by atoms with Gasteiger partial charge >= 0.3 is 23.9 Å². The number of carboxylic acids is 1. The van der Waals surface area contributed by atoms with Crippen LogP contribution in [0.4, 0.5) is 23.7 Å². The van der Waals surface area contributed by atoms with Gasteiger partial charge in [0.25, 0.3) is 5.91 Å². The summed E-state index contributed by atoms with van der Waals surface area (Å²) in [6, 6.07) is 16.1. The minimum Gasteiger partial charge on any atom is -0.475 e. The summed E-state index contributed by atoms with van der Waals surface area (Å²) < 4.78 is 37.1. The van der Waals surface area contributed by atoms with Crippen molar-refractivity contribution in [2.45, 2.75) is 115 Å². The van der Waals surface area contributed by atoms with Gasteiger partial charge in [-0.25, -0.2) is 19.4 Å². The van der Waals surface area contributed by atoms with Crippen molar-refractivity contribution in [3.8, 4) is 11.1 Å². The number of hydrogen-bond donors (Lipinski definition) is 6. The van der Waals surface area contributed by atoms with Gasteiger partial charge < -0.3 is 41.1 Å². The number of primary amides is 1. The predicted octanol–water partition coefficient (Wildman–Crippen LogP) is 6.22. The zero-order chi connectivity index (χ0) is 47.8. The van der Waals surface area contributed by atoms with Crippen LogP contribution < -0.4 is 27.0 Å². The minimum atomic E-state index is -5.08.